The SMILES string of the molecule is C[C@@H]1Oc2c(cccc2C(=O)N2C[C@@H](N(C)C)[C@@H](C)C2)NC1=O. The predicted molar refractivity (Wildman–Crippen MR) is 87.7 cm³/mol. The van der Waals surface area contributed by atoms with Crippen molar-refractivity contribution in [3.63, 3.8) is 0 Å². The quantitative estimate of drug-likeness (QED) is 0.896. The summed E-state index contributed by atoms with van der Waals surface area (Å²) < 4.78 is 5.69. The number of fused-ring (bicyclic) bond motifs is 1. The first-order chi connectivity index (χ1) is 10.9. The summed E-state index contributed by atoms with van der Waals surface area (Å²) in [6, 6.07) is 5.65. The average Bonchev–Trinajstić information content (AvgIpc) is 2.89. The van der Waals surface area contributed by atoms with Crippen molar-refractivity contribution in [3.8, 4) is 5.75 Å². The first kappa shape index (κ1) is 15.8. The topological polar surface area (TPSA) is 61.9 Å². The van der Waals surface area contributed by atoms with E-state index in [1.165, 1.54) is 0 Å². The third-order valence-electron chi connectivity index (χ3n) is 4.69. The van der Waals surface area contributed by atoms with Crippen LogP contribution in [0.2, 0.25) is 0 Å². The number of nitrogens with zero attached hydrogens (tertiary/aromatic N) is 2. The van der Waals surface area contributed by atoms with Gasteiger partial charge in [0.15, 0.2) is 11.9 Å². The van der Waals surface area contributed by atoms with Crippen LogP contribution < -0.4 is 10.1 Å². The number of amides is 2. The van der Waals surface area contributed by atoms with Crippen LogP contribution >= 0.6 is 0 Å². The van der Waals surface area contributed by atoms with Crippen LogP contribution in [-0.2, 0) is 4.79 Å². The fourth-order valence-corrected chi connectivity index (χ4v) is 3.35. The molecule has 0 aromatic heterocycles. The van der Waals surface area contributed by atoms with Crippen molar-refractivity contribution in [1.82, 2.24) is 9.80 Å². The van der Waals surface area contributed by atoms with E-state index in [-0.39, 0.29) is 11.8 Å². The zero-order valence-corrected chi connectivity index (χ0v) is 14.0. The molecule has 6 heteroatoms. The summed E-state index contributed by atoms with van der Waals surface area (Å²) in [4.78, 5) is 28.7. The van der Waals surface area contributed by atoms with Crippen LogP contribution in [0.15, 0.2) is 18.2 Å². The van der Waals surface area contributed by atoms with Crippen molar-refractivity contribution < 1.29 is 14.3 Å². The second kappa shape index (κ2) is 5.85. The minimum Gasteiger partial charge on any atom is -0.478 e. The third-order valence-corrected chi connectivity index (χ3v) is 4.69. The average molecular weight is 317 g/mol. The van der Waals surface area contributed by atoms with E-state index in [9.17, 15) is 9.59 Å². The smallest absolute Gasteiger partial charge is 0.265 e. The number of anilines is 1. The molecule has 0 unspecified atom stereocenters. The first-order valence-electron chi connectivity index (χ1n) is 7.94. The number of ether oxygens (including phenoxy) is 1. The monoisotopic (exact) mass is 317 g/mol. The summed E-state index contributed by atoms with van der Waals surface area (Å²) in [5.74, 6) is 0.671. The Bertz CT molecular complexity index is 644. The molecule has 23 heavy (non-hydrogen) atoms. The maximum Gasteiger partial charge on any atom is 0.265 e. The van der Waals surface area contributed by atoms with Crippen LogP contribution in [0.1, 0.15) is 24.2 Å². The Morgan fingerprint density at radius 3 is 2.70 bits per heavy atom. The molecule has 0 saturated carbocycles. The van der Waals surface area contributed by atoms with E-state index in [0.717, 1.165) is 6.54 Å². The zero-order chi connectivity index (χ0) is 16.7. The normalized spacial score (nSPS) is 26.7. The highest BCUT2D eigenvalue weighted by Crippen LogP contribution is 2.35. The molecule has 2 amide bonds. The Labute approximate surface area is 136 Å². The van der Waals surface area contributed by atoms with Gasteiger partial charge >= 0.3 is 0 Å². The standard InChI is InChI=1S/C17H23N3O3/c1-10-8-20(9-14(10)19(3)4)17(22)12-6-5-7-13-15(12)23-11(2)16(21)18-13/h5-7,10-11,14H,8-9H2,1-4H3,(H,18,21)/t10-,11-,14+/m0/s1. The summed E-state index contributed by atoms with van der Waals surface area (Å²) in [5, 5.41) is 2.79. The lowest BCUT2D eigenvalue weighted by Gasteiger charge is -2.26. The van der Waals surface area contributed by atoms with Gasteiger partial charge < -0.3 is 19.9 Å². The van der Waals surface area contributed by atoms with Gasteiger partial charge in [-0.15, -0.1) is 0 Å². The van der Waals surface area contributed by atoms with Crippen molar-refractivity contribution in [1.29, 1.82) is 0 Å². The van der Waals surface area contributed by atoms with Crippen molar-refractivity contribution in [3.05, 3.63) is 23.8 Å². The molecule has 2 aliphatic heterocycles. The summed E-state index contributed by atoms with van der Waals surface area (Å²) >= 11 is 0. The molecule has 1 fully saturated rings. The summed E-state index contributed by atoms with van der Waals surface area (Å²) in [6.07, 6.45) is -0.594. The zero-order valence-electron chi connectivity index (χ0n) is 14.0. The van der Waals surface area contributed by atoms with Gasteiger partial charge in [-0.1, -0.05) is 13.0 Å². The fraction of sp³-hybridized carbons (Fsp3) is 0.529. The lowest BCUT2D eigenvalue weighted by molar-refractivity contribution is -0.122. The summed E-state index contributed by atoms with van der Waals surface area (Å²) in [7, 11) is 4.08. The number of likely N-dealkylation sites (tertiary alicyclic amines) is 1. The molecule has 6 nitrogen and oxygen atoms in total. The van der Waals surface area contributed by atoms with Crippen LogP contribution in [0.3, 0.4) is 0 Å². The van der Waals surface area contributed by atoms with Crippen molar-refractivity contribution in [2.45, 2.75) is 26.0 Å². The molecule has 124 valence electrons. The van der Waals surface area contributed by atoms with Crippen LogP contribution in [0.25, 0.3) is 0 Å². The minimum absolute atomic E-state index is 0.0404. The van der Waals surface area contributed by atoms with Gasteiger partial charge in [0.05, 0.1) is 11.3 Å². The molecule has 0 bridgehead atoms. The Morgan fingerprint density at radius 1 is 1.30 bits per heavy atom. The first-order valence-corrected chi connectivity index (χ1v) is 7.94. The molecular weight excluding hydrogens is 294 g/mol. The molecule has 3 rings (SSSR count). The fourth-order valence-electron chi connectivity index (χ4n) is 3.35. The van der Waals surface area contributed by atoms with Crippen LogP contribution in [-0.4, -0.2) is 60.9 Å². The van der Waals surface area contributed by atoms with Crippen molar-refractivity contribution >= 4 is 17.5 Å². The third kappa shape index (κ3) is 2.79. The van der Waals surface area contributed by atoms with Gasteiger partial charge in [-0.3, -0.25) is 9.59 Å². The van der Waals surface area contributed by atoms with E-state index in [1.807, 2.05) is 19.0 Å². The van der Waals surface area contributed by atoms with E-state index in [4.69, 9.17) is 4.74 Å². The molecule has 1 aromatic rings. The number of benzene rings is 1. The second-order valence-corrected chi connectivity index (χ2v) is 6.65. The molecule has 1 saturated heterocycles. The lowest BCUT2D eigenvalue weighted by Crippen LogP contribution is -2.37. The number of likely N-dealkylation sites (N-methyl/N-ethyl adjacent to an activating group) is 1. The van der Waals surface area contributed by atoms with E-state index < -0.39 is 6.10 Å². The molecular formula is C17H23N3O3. The van der Waals surface area contributed by atoms with E-state index in [0.29, 0.717) is 35.5 Å². The Balaban J connectivity index is 1.87. The maximum atomic E-state index is 12.9. The lowest BCUT2D eigenvalue weighted by atomic mass is 10.1. The second-order valence-electron chi connectivity index (χ2n) is 6.65. The molecule has 2 heterocycles. The number of hydrogen-bond acceptors (Lipinski definition) is 4. The maximum absolute atomic E-state index is 12.9. The number of carbonyl (C=O) groups excluding carboxylic acids is 2. The van der Waals surface area contributed by atoms with Crippen molar-refractivity contribution in [2.75, 3.05) is 32.5 Å². The summed E-state index contributed by atoms with van der Waals surface area (Å²) in [5.41, 5.74) is 1.08. The molecule has 1 aromatic carbocycles. The van der Waals surface area contributed by atoms with Crippen molar-refractivity contribution in [2.24, 2.45) is 5.92 Å². The van der Waals surface area contributed by atoms with Gasteiger partial charge in [-0.2, -0.15) is 0 Å². The van der Waals surface area contributed by atoms with Crippen LogP contribution in [0, 0.1) is 5.92 Å². The van der Waals surface area contributed by atoms with Gasteiger partial charge in [-0.05, 0) is 39.1 Å². The molecule has 1 N–H and O–H groups in total. The van der Waals surface area contributed by atoms with Crippen LogP contribution in [0.5, 0.6) is 5.75 Å². The highest BCUT2D eigenvalue weighted by atomic mass is 16.5. The number of para-hydroxylation sites is 1. The Kier molecular flexibility index (Phi) is 4.02. The van der Waals surface area contributed by atoms with E-state index >= 15 is 0 Å². The van der Waals surface area contributed by atoms with Gasteiger partial charge in [0.1, 0.15) is 0 Å². The highest BCUT2D eigenvalue weighted by Gasteiger charge is 2.36. The minimum atomic E-state index is -0.594. The predicted octanol–water partition coefficient (Wildman–Crippen LogP) is 1.43. The molecule has 2 aliphatic rings. The van der Waals surface area contributed by atoms with Gasteiger partial charge in [0.2, 0.25) is 0 Å². The Hall–Kier alpha value is -2.08. The number of nitrogens with one attached hydrogen (secondary N) is 1. The van der Waals surface area contributed by atoms with Gasteiger partial charge in [0.25, 0.3) is 11.8 Å². The molecule has 0 spiro atoms. The molecule has 0 radical (unpaired) electrons. The number of rotatable bonds is 2. The molecule has 3 atom stereocenters. The van der Waals surface area contributed by atoms with Crippen LogP contribution in [0.4, 0.5) is 5.69 Å². The van der Waals surface area contributed by atoms with E-state index in [1.54, 1.807) is 25.1 Å². The largest absolute Gasteiger partial charge is 0.478 e. The molecule has 0 aliphatic carbocycles. The number of carbonyl (C=O) groups is 2. The van der Waals surface area contributed by atoms with Gasteiger partial charge in [0, 0.05) is 19.1 Å². The van der Waals surface area contributed by atoms with E-state index in [2.05, 4.69) is 17.1 Å². The Morgan fingerprint density at radius 2 is 2.04 bits per heavy atom. The highest BCUT2D eigenvalue weighted by molar-refractivity contribution is 6.04. The summed E-state index contributed by atoms with van der Waals surface area (Å²) in [6.45, 7) is 5.28. The van der Waals surface area contributed by atoms with Gasteiger partial charge in [-0.25, -0.2) is 0 Å². The number of hydrogen-bond donors (Lipinski definition) is 1.